The zero-order valence-corrected chi connectivity index (χ0v) is 35.5. The SMILES string of the molecule is O=C([O-])c1ccc2ccccc2n1.O=C([O-])c1ccc2ccccc2n1.O=C([O-])c1ccc2ccccc2n1.O=C([O-])c1ccc2ccccc2n1.O=C([O-])c1ccc2ccccc2n1.[V]. The van der Waals surface area contributed by atoms with Crippen LogP contribution >= 0.6 is 0 Å². The number of fused-ring (bicyclic) bond motifs is 5. The molecule has 5 aromatic carbocycles. The molecule has 0 aliphatic heterocycles. The van der Waals surface area contributed by atoms with E-state index in [1.165, 1.54) is 30.3 Å². The van der Waals surface area contributed by atoms with Crippen molar-refractivity contribution >= 4 is 84.4 Å². The molecule has 16 heteroatoms. The molecule has 0 atom stereocenters. The maximum atomic E-state index is 10.5. The predicted octanol–water partition coefficient (Wildman–Crippen LogP) is 2.99. The molecule has 0 spiro atoms. The van der Waals surface area contributed by atoms with Crippen LogP contribution in [0.3, 0.4) is 0 Å². The Morgan fingerprint density at radius 3 is 0.545 bits per heavy atom. The normalized spacial score (nSPS) is 10.0. The molecule has 0 saturated carbocycles. The molecule has 10 rings (SSSR count). The van der Waals surface area contributed by atoms with E-state index in [-0.39, 0.29) is 47.0 Å². The maximum absolute atomic E-state index is 10.5. The number of hydrogen-bond acceptors (Lipinski definition) is 15. The third kappa shape index (κ3) is 13.1. The van der Waals surface area contributed by atoms with Gasteiger partial charge in [0, 0.05) is 45.5 Å². The van der Waals surface area contributed by atoms with Crippen LogP contribution in [0.25, 0.3) is 54.5 Å². The average Bonchev–Trinajstić information content (AvgIpc) is 3.34. The van der Waals surface area contributed by atoms with Crippen molar-refractivity contribution in [3.63, 3.8) is 0 Å². The molecule has 0 N–H and O–H groups in total. The summed E-state index contributed by atoms with van der Waals surface area (Å²) in [4.78, 5) is 71.9. The predicted molar refractivity (Wildman–Crippen MR) is 230 cm³/mol. The third-order valence-corrected chi connectivity index (χ3v) is 9.04. The first-order chi connectivity index (χ1) is 31.4. The topological polar surface area (TPSA) is 265 Å². The van der Waals surface area contributed by atoms with E-state index in [0.717, 1.165) is 26.9 Å². The van der Waals surface area contributed by atoms with Crippen molar-refractivity contribution in [2.24, 2.45) is 0 Å². The van der Waals surface area contributed by atoms with Crippen molar-refractivity contribution in [3.8, 4) is 0 Å². The van der Waals surface area contributed by atoms with Crippen LogP contribution in [-0.4, -0.2) is 54.8 Å². The van der Waals surface area contributed by atoms with Crippen molar-refractivity contribution in [3.05, 3.63) is 210 Å². The molecule has 0 unspecified atom stereocenters. The number of nitrogens with zero attached hydrogens (tertiary/aromatic N) is 5. The molecule has 0 bridgehead atoms. The van der Waals surface area contributed by atoms with Crippen molar-refractivity contribution in [2.75, 3.05) is 0 Å². The van der Waals surface area contributed by atoms with Gasteiger partial charge < -0.3 is 49.5 Å². The average molecular weight is 912 g/mol. The molecule has 0 fully saturated rings. The third-order valence-electron chi connectivity index (χ3n) is 9.04. The van der Waals surface area contributed by atoms with Gasteiger partial charge in [0.15, 0.2) is 0 Å². The molecule has 0 amide bonds. The summed E-state index contributed by atoms with van der Waals surface area (Å²) in [5, 5.41) is 57.0. The van der Waals surface area contributed by atoms with Crippen LogP contribution in [0, 0.1) is 0 Å². The molecule has 5 aromatic heterocycles. The Morgan fingerprint density at radius 2 is 0.394 bits per heavy atom. The van der Waals surface area contributed by atoms with Gasteiger partial charge in [0.25, 0.3) is 0 Å². The number of hydrogen-bond donors (Lipinski definition) is 0. The van der Waals surface area contributed by atoms with E-state index >= 15 is 0 Å². The van der Waals surface area contributed by atoms with E-state index in [0.29, 0.717) is 27.6 Å². The number of carbonyl (C=O) groups excluding carboxylic acids is 5. The number of aromatic nitrogens is 5. The van der Waals surface area contributed by atoms with Crippen molar-refractivity contribution in [1.82, 2.24) is 24.9 Å². The Morgan fingerprint density at radius 1 is 0.242 bits per heavy atom. The van der Waals surface area contributed by atoms with Crippen LogP contribution in [-0.2, 0) is 18.6 Å². The number of rotatable bonds is 5. The second-order valence-electron chi connectivity index (χ2n) is 13.4. The van der Waals surface area contributed by atoms with Gasteiger partial charge in [-0.25, -0.2) is 24.9 Å². The molecule has 0 saturated heterocycles. The second-order valence-corrected chi connectivity index (χ2v) is 13.4. The van der Waals surface area contributed by atoms with Gasteiger partial charge in [-0.1, -0.05) is 121 Å². The first-order valence-corrected chi connectivity index (χ1v) is 19.2. The molecule has 0 aliphatic carbocycles. The zero-order chi connectivity index (χ0) is 46.3. The second kappa shape index (κ2) is 23.0. The van der Waals surface area contributed by atoms with E-state index in [1.54, 1.807) is 60.7 Å². The number of para-hydroxylation sites is 5. The minimum Gasteiger partial charge on any atom is -0.543 e. The number of carboxylic acids is 5. The number of pyridine rings is 5. The van der Waals surface area contributed by atoms with Gasteiger partial charge in [-0.05, 0) is 60.7 Å². The fraction of sp³-hybridized carbons (Fsp3) is 0. The van der Waals surface area contributed by atoms with Gasteiger partial charge in [0.2, 0.25) is 0 Å². The Bertz CT molecular complexity index is 2850. The summed E-state index contributed by atoms with van der Waals surface area (Å²) in [6.45, 7) is 0. The number of aromatic carboxylic acids is 5. The number of carboxylic acid groups (broad SMARTS) is 5. The van der Waals surface area contributed by atoms with Crippen LogP contribution < -0.4 is 25.5 Å². The van der Waals surface area contributed by atoms with Crippen LogP contribution in [0.4, 0.5) is 0 Å². The number of carbonyl (C=O) groups is 5. The minimum absolute atomic E-state index is 0. The summed E-state index contributed by atoms with van der Waals surface area (Å²) in [7, 11) is 0. The molecule has 66 heavy (non-hydrogen) atoms. The smallest absolute Gasteiger partial charge is 0.0900 e. The van der Waals surface area contributed by atoms with E-state index < -0.39 is 29.8 Å². The van der Waals surface area contributed by atoms with Crippen LogP contribution in [0.1, 0.15) is 52.4 Å². The van der Waals surface area contributed by atoms with Crippen LogP contribution in [0.15, 0.2) is 182 Å². The van der Waals surface area contributed by atoms with E-state index in [2.05, 4.69) is 24.9 Å². The summed E-state index contributed by atoms with van der Waals surface area (Å²) in [5.41, 5.74) is 3.21. The zero-order valence-electron chi connectivity index (χ0n) is 34.1. The number of benzene rings is 5. The standard InChI is InChI=1S/5C10H7NO2.V/c5*12-10(13)9-6-5-7-3-1-2-4-8(7)11-9;/h5*1-6H,(H,12,13);/p-5. The van der Waals surface area contributed by atoms with Gasteiger partial charge in [-0.15, -0.1) is 0 Å². The summed E-state index contributed by atoms with van der Waals surface area (Å²) in [6.07, 6.45) is 0. The van der Waals surface area contributed by atoms with Gasteiger partial charge in [-0.2, -0.15) is 0 Å². The van der Waals surface area contributed by atoms with Crippen LogP contribution in [0.2, 0.25) is 0 Å². The Balaban J connectivity index is 0.000000154. The van der Waals surface area contributed by atoms with Gasteiger partial charge in [-0.3, -0.25) is 0 Å². The van der Waals surface area contributed by atoms with E-state index in [9.17, 15) is 49.5 Å². The molecule has 10 aromatic rings. The summed E-state index contributed by atoms with van der Waals surface area (Å²) in [6, 6.07) is 52.5. The molecular formula is C50H30N5O10V-5. The first kappa shape index (κ1) is 48.1. The van der Waals surface area contributed by atoms with E-state index in [4.69, 9.17) is 0 Å². The van der Waals surface area contributed by atoms with Crippen molar-refractivity contribution in [1.29, 1.82) is 0 Å². The van der Waals surface area contributed by atoms with Gasteiger partial charge in [0.1, 0.15) is 0 Å². The maximum Gasteiger partial charge on any atom is 0.0900 e. The Kier molecular flexibility index (Phi) is 16.7. The van der Waals surface area contributed by atoms with E-state index in [1.807, 2.05) is 91.0 Å². The first-order valence-electron chi connectivity index (χ1n) is 19.2. The molecule has 1 radical (unpaired) electrons. The summed E-state index contributed by atoms with van der Waals surface area (Å²) in [5.74, 6) is -6.22. The molecule has 15 nitrogen and oxygen atoms in total. The fourth-order valence-corrected chi connectivity index (χ4v) is 5.90. The monoisotopic (exact) mass is 911 g/mol. The Labute approximate surface area is 386 Å². The minimum atomic E-state index is -1.24. The van der Waals surface area contributed by atoms with Crippen LogP contribution in [0.5, 0.6) is 0 Å². The molecule has 325 valence electrons. The largest absolute Gasteiger partial charge is 0.543 e. The van der Waals surface area contributed by atoms with Gasteiger partial charge in [0.05, 0.1) is 85.9 Å². The Hall–Kier alpha value is -8.92. The quantitative estimate of drug-likeness (QED) is 0.240. The molecular weight excluding hydrogens is 882 g/mol. The van der Waals surface area contributed by atoms with Crippen molar-refractivity contribution in [2.45, 2.75) is 0 Å². The molecule has 0 aliphatic rings. The fourth-order valence-electron chi connectivity index (χ4n) is 5.90. The summed E-state index contributed by atoms with van der Waals surface area (Å²) < 4.78 is 0. The van der Waals surface area contributed by atoms with Crippen molar-refractivity contribution < 1.29 is 68.1 Å². The molecule has 5 heterocycles. The van der Waals surface area contributed by atoms with Gasteiger partial charge >= 0.3 is 0 Å². The summed E-state index contributed by atoms with van der Waals surface area (Å²) >= 11 is 0.